The molecule has 0 aromatic heterocycles. The summed E-state index contributed by atoms with van der Waals surface area (Å²) in [5.74, 6) is 0.662. The Morgan fingerprint density at radius 2 is 1.86 bits per heavy atom. The number of benzene rings is 1. The van der Waals surface area contributed by atoms with Crippen LogP contribution < -0.4 is 4.74 Å². The van der Waals surface area contributed by atoms with Crippen LogP contribution in [0.3, 0.4) is 0 Å². The number of methoxy groups -OCH3 is 1. The molecule has 0 atom stereocenters. The van der Waals surface area contributed by atoms with E-state index in [4.69, 9.17) is 21.1 Å². The van der Waals surface area contributed by atoms with Gasteiger partial charge in [0.2, 0.25) is 0 Å². The molecule has 0 heterocycles. The van der Waals surface area contributed by atoms with Crippen LogP contribution in [0.4, 0.5) is 0 Å². The largest absolute Gasteiger partial charge is 0.484 e. The summed E-state index contributed by atoms with van der Waals surface area (Å²) in [6.45, 7) is 0.0579. The lowest BCUT2D eigenvalue weighted by Crippen LogP contribution is -2.42. The maximum atomic E-state index is 12.2. The van der Waals surface area contributed by atoms with E-state index in [0.717, 1.165) is 25.7 Å². The highest BCUT2D eigenvalue weighted by Crippen LogP contribution is 2.24. The molecule has 4 nitrogen and oxygen atoms in total. The van der Waals surface area contributed by atoms with E-state index >= 15 is 0 Å². The summed E-state index contributed by atoms with van der Waals surface area (Å²) >= 11 is 5.81. The Kier molecular flexibility index (Phi) is 5.88. The fraction of sp³-hybridized carbons (Fsp3) is 0.562. The topological polar surface area (TPSA) is 38.8 Å². The van der Waals surface area contributed by atoms with Crippen molar-refractivity contribution in [2.75, 3.05) is 20.8 Å². The van der Waals surface area contributed by atoms with Crippen LogP contribution in [0.5, 0.6) is 5.75 Å². The van der Waals surface area contributed by atoms with Crippen LogP contribution in [0.15, 0.2) is 24.3 Å². The Hall–Kier alpha value is -1.26. The molecule has 0 spiro atoms. The summed E-state index contributed by atoms with van der Waals surface area (Å²) in [6, 6.07) is 7.31. The third-order valence-electron chi connectivity index (χ3n) is 4.09. The molecule has 1 aromatic rings. The van der Waals surface area contributed by atoms with E-state index < -0.39 is 0 Å². The molecule has 0 unspecified atom stereocenters. The predicted molar refractivity (Wildman–Crippen MR) is 82.8 cm³/mol. The highest BCUT2D eigenvalue weighted by molar-refractivity contribution is 6.30. The average molecular weight is 312 g/mol. The Labute approximate surface area is 131 Å². The van der Waals surface area contributed by atoms with Gasteiger partial charge < -0.3 is 14.4 Å². The molecule has 1 saturated carbocycles. The smallest absolute Gasteiger partial charge is 0.260 e. The second kappa shape index (κ2) is 7.66. The van der Waals surface area contributed by atoms with Gasteiger partial charge in [0, 0.05) is 25.2 Å². The minimum absolute atomic E-state index is 0.00539. The number of carbonyl (C=O) groups is 1. The van der Waals surface area contributed by atoms with E-state index in [2.05, 4.69) is 0 Å². The molecule has 0 N–H and O–H groups in total. The van der Waals surface area contributed by atoms with E-state index in [9.17, 15) is 4.79 Å². The standard InChI is InChI=1S/C16H22ClNO3/c1-18(13-5-9-14(20-2)10-6-13)16(19)11-21-15-7-3-12(17)4-8-15/h3-4,7-8,13-14H,5-6,9-11H2,1-2H3. The second-order valence-electron chi connectivity index (χ2n) is 5.41. The van der Waals surface area contributed by atoms with Gasteiger partial charge in [-0.1, -0.05) is 11.6 Å². The van der Waals surface area contributed by atoms with Crippen molar-refractivity contribution in [2.45, 2.75) is 37.8 Å². The number of likely N-dealkylation sites (N-methyl/N-ethyl adjacent to an activating group) is 1. The van der Waals surface area contributed by atoms with E-state index in [-0.39, 0.29) is 18.6 Å². The van der Waals surface area contributed by atoms with Crippen LogP contribution in [0.1, 0.15) is 25.7 Å². The van der Waals surface area contributed by atoms with Crippen molar-refractivity contribution in [1.82, 2.24) is 4.90 Å². The third-order valence-corrected chi connectivity index (χ3v) is 4.35. The number of carbonyl (C=O) groups excluding carboxylic acids is 1. The van der Waals surface area contributed by atoms with Crippen molar-refractivity contribution in [1.29, 1.82) is 0 Å². The fourth-order valence-electron chi connectivity index (χ4n) is 2.65. The van der Waals surface area contributed by atoms with Gasteiger partial charge in [0.05, 0.1) is 6.10 Å². The highest BCUT2D eigenvalue weighted by atomic mass is 35.5. The van der Waals surface area contributed by atoms with E-state index in [1.54, 1.807) is 31.4 Å². The first-order chi connectivity index (χ1) is 10.1. The van der Waals surface area contributed by atoms with E-state index in [1.165, 1.54) is 0 Å². The van der Waals surface area contributed by atoms with Crippen LogP contribution in [0.25, 0.3) is 0 Å². The molecule has 0 aliphatic heterocycles. The lowest BCUT2D eigenvalue weighted by atomic mass is 9.92. The number of amides is 1. The van der Waals surface area contributed by atoms with Crippen LogP contribution in [-0.4, -0.2) is 43.7 Å². The summed E-state index contributed by atoms with van der Waals surface area (Å²) in [7, 11) is 3.60. The molecule has 1 fully saturated rings. The van der Waals surface area contributed by atoms with Gasteiger partial charge in [0.25, 0.3) is 5.91 Å². The van der Waals surface area contributed by atoms with Gasteiger partial charge in [-0.25, -0.2) is 0 Å². The zero-order chi connectivity index (χ0) is 15.2. The molecule has 1 aliphatic rings. The molecule has 1 amide bonds. The highest BCUT2D eigenvalue weighted by Gasteiger charge is 2.26. The van der Waals surface area contributed by atoms with Crippen molar-refractivity contribution in [3.05, 3.63) is 29.3 Å². The molecule has 1 aromatic carbocycles. The van der Waals surface area contributed by atoms with Gasteiger partial charge in [-0.3, -0.25) is 4.79 Å². The first kappa shape index (κ1) is 16.1. The molecule has 5 heteroatoms. The van der Waals surface area contributed by atoms with Crippen LogP contribution in [0.2, 0.25) is 5.02 Å². The lowest BCUT2D eigenvalue weighted by Gasteiger charge is -2.34. The zero-order valence-corrected chi connectivity index (χ0v) is 13.3. The van der Waals surface area contributed by atoms with Gasteiger partial charge in [-0.2, -0.15) is 0 Å². The minimum atomic E-state index is 0.00539. The number of hydrogen-bond donors (Lipinski definition) is 0. The number of hydrogen-bond acceptors (Lipinski definition) is 3. The van der Waals surface area contributed by atoms with Crippen LogP contribution in [-0.2, 0) is 9.53 Å². The molecule has 0 bridgehead atoms. The van der Waals surface area contributed by atoms with Gasteiger partial charge in [0.1, 0.15) is 5.75 Å². The van der Waals surface area contributed by atoms with Crippen molar-refractivity contribution in [3.8, 4) is 5.75 Å². The molecule has 116 valence electrons. The quantitative estimate of drug-likeness (QED) is 0.838. The summed E-state index contributed by atoms with van der Waals surface area (Å²) in [6.07, 6.45) is 4.34. The number of nitrogens with zero attached hydrogens (tertiary/aromatic N) is 1. The Bertz CT molecular complexity index is 455. The molecule has 0 saturated heterocycles. The lowest BCUT2D eigenvalue weighted by molar-refractivity contribution is -0.135. The summed E-state index contributed by atoms with van der Waals surface area (Å²) < 4.78 is 10.9. The zero-order valence-electron chi connectivity index (χ0n) is 12.5. The molecule has 21 heavy (non-hydrogen) atoms. The second-order valence-corrected chi connectivity index (χ2v) is 5.85. The van der Waals surface area contributed by atoms with Crippen LogP contribution in [0, 0.1) is 0 Å². The first-order valence-corrected chi connectivity index (χ1v) is 7.64. The van der Waals surface area contributed by atoms with Gasteiger partial charge >= 0.3 is 0 Å². The van der Waals surface area contributed by atoms with Crippen molar-refractivity contribution in [3.63, 3.8) is 0 Å². The maximum Gasteiger partial charge on any atom is 0.260 e. The van der Waals surface area contributed by atoms with Crippen LogP contribution >= 0.6 is 11.6 Å². The SMILES string of the molecule is COC1CCC(N(C)C(=O)COc2ccc(Cl)cc2)CC1. The summed E-state index contributed by atoms with van der Waals surface area (Å²) in [5.41, 5.74) is 0. The summed E-state index contributed by atoms with van der Waals surface area (Å²) in [5, 5.41) is 0.653. The van der Waals surface area contributed by atoms with E-state index in [1.807, 2.05) is 11.9 Å². The van der Waals surface area contributed by atoms with Crippen molar-refractivity contribution in [2.24, 2.45) is 0 Å². The Balaban J connectivity index is 1.78. The number of ether oxygens (including phenoxy) is 2. The molecular weight excluding hydrogens is 290 g/mol. The first-order valence-electron chi connectivity index (χ1n) is 7.27. The fourth-order valence-corrected chi connectivity index (χ4v) is 2.78. The maximum absolute atomic E-state index is 12.2. The molecule has 1 aliphatic carbocycles. The van der Waals surface area contributed by atoms with Gasteiger partial charge in [0.15, 0.2) is 6.61 Å². The Morgan fingerprint density at radius 3 is 2.43 bits per heavy atom. The van der Waals surface area contributed by atoms with Crippen molar-refractivity contribution >= 4 is 17.5 Å². The Morgan fingerprint density at radius 1 is 1.24 bits per heavy atom. The van der Waals surface area contributed by atoms with E-state index in [0.29, 0.717) is 16.9 Å². The van der Waals surface area contributed by atoms with Gasteiger partial charge in [-0.15, -0.1) is 0 Å². The molecular formula is C16H22ClNO3. The number of rotatable bonds is 5. The average Bonchev–Trinajstić information content (AvgIpc) is 2.53. The summed E-state index contributed by atoms with van der Waals surface area (Å²) in [4.78, 5) is 14.0. The third kappa shape index (κ3) is 4.61. The minimum Gasteiger partial charge on any atom is -0.484 e. The predicted octanol–water partition coefficient (Wildman–Crippen LogP) is 3.13. The number of halogens is 1. The normalized spacial score (nSPS) is 21.9. The molecule has 2 rings (SSSR count). The van der Waals surface area contributed by atoms with Crippen molar-refractivity contribution < 1.29 is 14.3 Å². The molecule has 0 radical (unpaired) electrons. The monoisotopic (exact) mass is 311 g/mol. The van der Waals surface area contributed by atoms with Gasteiger partial charge in [-0.05, 0) is 49.9 Å².